The average molecular weight is 203 g/mol. The lowest BCUT2D eigenvalue weighted by molar-refractivity contribution is 0.486. The summed E-state index contributed by atoms with van der Waals surface area (Å²) in [5, 5.41) is 5.48. The van der Waals surface area contributed by atoms with Gasteiger partial charge in [-0.3, -0.25) is 0 Å². The fraction of sp³-hybridized carbons (Fsp3) is 0.286. The van der Waals surface area contributed by atoms with E-state index >= 15 is 0 Å². The molecule has 6 heteroatoms. The number of rotatable bonds is 0. The first kappa shape index (κ1) is 8.43. The van der Waals surface area contributed by atoms with Gasteiger partial charge in [0.2, 0.25) is 5.95 Å². The maximum atomic E-state index is 13.0. The molecule has 2 heterocycles. The highest BCUT2D eigenvalue weighted by Gasteiger charge is 2.33. The highest BCUT2D eigenvalue weighted by atomic mass is 32.1. The van der Waals surface area contributed by atoms with Crippen molar-refractivity contribution in [3.05, 3.63) is 23.6 Å². The number of hydrogen-bond acceptors (Lipinski definition) is 2. The van der Waals surface area contributed by atoms with Crippen LogP contribution in [0.1, 0.15) is 0 Å². The van der Waals surface area contributed by atoms with Crippen molar-refractivity contribution in [2.24, 2.45) is 0 Å². The van der Waals surface area contributed by atoms with E-state index in [1.54, 1.807) is 7.05 Å². The Bertz CT molecular complexity index is 337. The van der Waals surface area contributed by atoms with E-state index in [9.17, 15) is 8.78 Å². The SMILES string of the molecule is CN1C=C2C(F)=C(F)NC2NC1=S. The quantitative estimate of drug-likeness (QED) is 0.448. The largest absolute Gasteiger partial charge is 0.338 e. The van der Waals surface area contributed by atoms with Gasteiger partial charge in [0.1, 0.15) is 6.17 Å². The third-order valence-electron chi connectivity index (χ3n) is 1.95. The van der Waals surface area contributed by atoms with Gasteiger partial charge in [-0.1, -0.05) is 0 Å². The first-order chi connectivity index (χ1) is 6.09. The van der Waals surface area contributed by atoms with E-state index in [1.807, 2.05) is 0 Å². The second-order valence-corrected chi connectivity index (χ2v) is 3.24. The summed E-state index contributed by atoms with van der Waals surface area (Å²) >= 11 is 4.90. The zero-order valence-electron chi connectivity index (χ0n) is 6.77. The van der Waals surface area contributed by atoms with Crippen LogP contribution in [0.15, 0.2) is 23.6 Å². The molecule has 0 radical (unpaired) electrons. The first-order valence-corrected chi connectivity index (χ1v) is 4.07. The third-order valence-corrected chi connectivity index (χ3v) is 2.35. The van der Waals surface area contributed by atoms with Crippen molar-refractivity contribution < 1.29 is 8.78 Å². The molecule has 0 aromatic rings. The van der Waals surface area contributed by atoms with Gasteiger partial charge in [0.05, 0.1) is 5.57 Å². The Balaban J connectivity index is 2.37. The number of fused-ring (bicyclic) bond motifs is 1. The zero-order chi connectivity index (χ0) is 9.59. The molecule has 1 unspecified atom stereocenters. The van der Waals surface area contributed by atoms with Crippen LogP contribution in [0.3, 0.4) is 0 Å². The molecule has 0 spiro atoms. The summed E-state index contributed by atoms with van der Waals surface area (Å²) in [5.41, 5.74) is 0.244. The molecule has 0 saturated carbocycles. The van der Waals surface area contributed by atoms with Crippen LogP contribution in [-0.2, 0) is 0 Å². The Labute approximate surface area is 79.1 Å². The Hall–Kier alpha value is -1.17. The van der Waals surface area contributed by atoms with Crippen molar-refractivity contribution in [1.82, 2.24) is 15.5 Å². The van der Waals surface area contributed by atoms with Crippen LogP contribution in [-0.4, -0.2) is 23.2 Å². The molecule has 0 bridgehead atoms. The summed E-state index contributed by atoms with van der Waals surface area (Å²) in [7, 11) is 1.67. The Morgan fingerprint density at radius 2 is 2.15 bits per heavy atom. The third kappa shape index (κ3) is 1.17. The number of halogens is 2. The molecular weight excluding hydrogens is 196 g/mol. The van der Waals surface area contributed by atoms with E-state index in [0.29, 0.717) is 5.11 Å². The average Bonchev–Trinajstić information content (AvgIpc) is 2.32. The molecule has 0 aromatic carbocycles. The summed E-state index contributed by atoms with van der Waals surface area (Å²) < 4.78 is 25.7. The van der Waals surface area contributed by atoms with Gasteiger partial charge in [-0.25, -0.2) is 4.39 Å². The molecule has 0 aliphatic carbocycles. The lowest BCUT2D eigenvalue weighted by Crippen LogP contribution is -2.50. The minimum absolute atomic E-state index is 0.244. The minimum Gasteiger partial charge on any atom is -0.338 e. The zero-order valence-corrected chi connectivity index (χ0v) is 7.58. The molecule has 13 heavy (non-hydrogen) atoms. The van der Waals surface area contributed by atoms with Crippen LogP contribution in [0.4, 0.5) is 8.78 Å². The van der Waals surface area contributed by atoms with Crippen molar-refractivity contribution in [3.63, 3.8) is 0 Å². The maximum Gasteiger partial charge on any atom is 0.225 e. The predicted octanol–water partition coefficient (Wildman–Crippen LogP) is 0.728. The van der Waals surface area contributed by atoms with E-state index in [0.717, 1.165) is 0 Å². The van der Waals surface area contributed by atoms with Gasteiger partial charge in [-0.2, -0.15) is 4.39 Å². The highest BCUT2D eigenvalue weighted by Crippen LogP contribution is 2.28. The Morgan fingerprint density at radius 1 is 1.46 bits per heavy atom. The predicted molar refractivity (Wildman–Crippen MR) is 47.7 cm³/mol. The fourth-order valence-corrected chi connectivity index (χ4v) is 1.43. The van der Waals surface area contributed by atoms with Crippen molar-refractivity contribution in [3.8, 4) is 0 Å². The van der Waals surface area contributed by atoms with Crippen LogP contribution in [0, 0.1) is 0 Å². The van der Waals surface area contributed by atoms with Crippen LogP contribution in [0.2, 0.25) is 0 Å². The molecule has 2 rings (SSSR count). The Morgan fingerprint density at radius 3 is 2.85 bits per heavy atom. The molecule has 1 atom stereocenters. The van der Waals surface area contributed by atoms with Crippen LogP contribution < -0.4 is 10.6 Å². The first-order valence-electron chi connectivity index (χ1n) is 3.67. The smallest absolute Gasteiger partial charge is 0.225 e. The van der Waals surface area contributed by atoms with Gasteiger partial charge in [-0.15, -0.1) is 0 Å². The van der Waals surface area contributed by atoms with Gasteiger partial charge >= 0.3 is 0 Å². The van der Waals surface area contributed by atoms with Gasteiger partial charge in [-0.05, 0) is 12.2 Å². The van der Waals surface area contributed by atoms with E-state index in [2.05, 4.69) is 10.6 Å². The second-order valence-electron chi connectivity index (χ2n) is 2.85. The normalized spacial score (nSPS) is 26.7. The number of nitrogens with one attached hydrogen (secondary N) is 2. The number of nitrogens with zero attached hydrogens (tertiary/aromatic N) is 1. The second kappa shape index (κ2) is 2.66. The summed E-state index contributed by atoms with van der Waals surface area (Å²) in [6.07, 6.45) is 0.905. The molecule has 0 amide bonds. The molecule has 3 nitrogen and oxygen atoms in total. The molecule has 2 N–H and O–H groups in total. The van der Waals surface area contributed by atoms with Gasteiger partial charge in [0.15, 0.2) is 10.9 Å². The molecule has 2 aliphatic heterocycles. The van der Waals surface area contributed by atoms with Gasteiger partial charge < -0.3 is 15.5 Å². The highest BCUT2D eigenvalue weighted by molar-refractivity contribution is 7.80. The Kier molecular flexibility index (Phi) is 1.73. The van der Waals surface area contributed by atoms with Crippen LogP contribution in [0.5, 0.6) is 0 Å². The molecule has 70 valence electrons. The summed E-state index contributed by atoms with van der Waals surface area (Å²) in [4.78, 5) is 1.53. The molecule has 0 saturated heterocycles. The lowest BCUT2D eigenvalue weighted by atomic mass is 10.2. The molecular formula is C7H7F2N3S. The number of hydrogen-bond donors (Lipinski definition) is 2. The van der Waals surface area contributed by atoms with Crippen molar-refractivity contribution in [1.29, 1.82) is 0 Å². The lowest BCUT2D eigenvalue weighted by Gasteiger charge is -2.28. The molecule has 2 aliphatic rings. The van der Waals surface area contributed by atoms with Crippen molar-refractivity contribution >= 4 is 17.3 Å². The van der Waals surface area contributed by atoms with Gasteiger partial charge in [0.25, 0.3) is 0 Å². The summed E-state index contributed by atoms with van der Waals surface area (Å²) in [6, 6.07) is 0. The van der Waals surface area contributed by atoms with Crippen molar-refractivity contribution in [2.75, 3.05) is 7.05 Å². The van der Waals surface area contributed by atoms with E-state index in [4.69, 9.17) is 12.2 Å². The molecule has 0 fully saturated rings. The standard InChI is InChI=1S/C7H7F2N3S/c1-12-2-3-4(8)5(9)10-6(3)11-7(12)13/h2,6,10H,1H3,(H,11,13). The minimum atomic E-state index is -0.943. The van der Waals surface area contributed by atoms with Crippen LogP contribution >= 0.6 is 12.2 Å². The van der Waals surface area contributed by atoms with E-state index in [1.165, 1.54) is 11.1 Å². The maximum absolute atomic E-state index is 13.0. The van der Waals surface area contributed by atoms with Crippen LogP contribution in [0.25, 0.3) is 0 Å². The number of thiocarbonyl (C=S) groups is 1. The summed E-state index contributed by atoms with van der Waals surface area (Å²) in [6.45, 7) is 0. The monoisotopic (exact) mass is 203 g/mol. The molecule has 0 aromatic heterocycles. The van der Waals surface area contributed by atoms with Gasteiger partial charge in [0, 0.05) is 13.2 Å². The van der Waals surface area contributed by atoms with E-state index in [-0.39, 0.29) is 5.57 Å². The van der Waals surface area contributed by atoms with Crippen molar-refractivity contribution in [2.45, 2.75) is 6.17 Å². The summed E-state index contributed by atoms with van der Waals surface area (Å²) in [5.74, 6) is -1.80. The van der Waals surface area contributed by atoms with E-state index < -0.39 is 17.9 Å². The fourth-order valence-electron chi connectivity index (χ4n) is 1.26. The topological polar surface area (TPSA) is 27.3 Å².